The Hall–Kier alpha value is -3.98. The van der Waals surface area contributed by atoms with Crippen molar-refractivity contribution in [2.45, 2.75) is 5.16 Å². The highest BCUT2D eigenvalue weighted by Gasteiger charge is 2.18. The topological polar surface area (TPSA) is 74.6 Å². The molecule has 1 aromatic heterocycles. The Kier molecular flexibility index (Phi) is 6.09. The molecule has 1 amide bonds. The van der Waals surface area contributed by atoms with Gasteiger partial charge < -0.3 is 19.5 Å². The molecule has 0 spiro atoms. The van der Waals surface area contributed by atoms with Gasteiger partial charge in [0.25, 0.3) is 0 Å². The molecule has 1 N–H and O–H groups in total. The molecular formula is C25H20FN3O4S. The number of rotatable bonds is 7. The monoisotopic (exact) mass is 477 g/mol. The number of nitrogens with one attached hydrogen (secondary N) is 1. The summed E-state index contributed by atoms with van der Waals surface area (Å²) >= 11 is 1.28. The second-order valence-corrected chi connectivity index (χ2v) is 8.30. The first-order chi connectivity index (χ1) is 16.6. The summed E-state index contributed by atoms with van der Waals surface area (Å²) in [5.41, 5.74) is 2.85. The minimum absolute atomic E-state index is 0.122. The number of aromatic nitrogens is 2. The molecule has 0 saturated carbocycles. The van der Waals surface area contributed by atoms with E-state index in [1.54, 1.807) is 31.4 Å². The van der Waals surface area contributed by atoms with Crippen LogP contribution in [0.2, 0.25) is 0 Å². The number of benzene rings is 3. The normalized spacial score (nSPS) is 11.9. The summed E-state index contributed by atoms with van der Waals surface area (Å²) in [6, 6.07) is 18.9. The Balaban J connectivity index is 1.41. The number of anilines is 1. The van der Waals surface area contributed by atoms with Crippen LogP contribution in [-0.4, -0.2) is 35.1 Å². The molecule has 2 heterocycles. The molecule has 1 aliphatic rings. The van der Waals surface area contributed by atoms with Gasteiger partial charge in [-0.25, -0.2) is 9.37 Å². The molecule has 0 unspecified atom stereocenters. The van der Waals surface area contributed by atoms with Gasteiger partial charge in [0.15, 0.2) is 16.7 Å². The summed E-state index contributed by atoms with van der Waals surface area (Å²) in [5, 5.41) is 3.46. The second kappa shape index (κ2) is 9.48. The lowest BCUT2D eigenvalue weighted by Crippen LogP contribution is -2.15. The molecule has 7 nitrogen and oxygen atoms in total. The number of carbonyl (C=O) groups excluding carboxylic acids is 1. The third-order valence-electron chi connectivity index (χ3n) is 5.16. The summed E-state index contributed by atoms with van der Waals surface area (Å²) in [6.07, 6.45) is 1.85. The minimum Gasteiger partial charge on any atom is -0.495 e. The number of para-hydroxylation sites is 2. The molecule has 0 atom stereocenters. The lowest BCUT2D eigenvalue weighted by Gasteiger charge is -2.10. The van der Waals surface area contributed by atoms with Crippen LogP contribution in [0.4, 0.5) is 10.1 Å². The van der Waals surface area contributed by atoms with Gasteiger partial charge in [0.05, 0.1) is 24.2 Å². The molecule has 5 rings (SSSR count). The van der Waals surface area contributed by atoms with Gasteiger partial charge >= 0.3 is 0 Å². The van der Waals surface area contributed by atoms with E-state index in [1.807, 2.05) is 41.1 Å². The quantitative estimate of drug-likeness (QED) is 0.371. The summed E-state index contributed by atoms with van der Waals surface area (Å²) < 4.78 is 31.5. The number of imidazole rings is 1. The lowest BCUT2D eigenvalue weighted by molar-refractivity contribution is -0.113. The number of nitrogens with zero attached hydrogens (tertiary/aromatic N) is 2. The van der Waals surface area contributed by atoms with Gasteiger partial charge in [-0.15, -0.1) is 0 Å². The van der Waals surface area contributed by atoms with E-state index in [0.717, 1.165) is 11.3 Å². The number of ether oxygens (including phenoxy) is 3. The van der Waals surface area contributed by atoms with E-state index in [0.29, 0.717) is 33.8 Å². The smallest absolute Gasteiger partial charge is 0.234 e. The molecule has 4 aromatic rings. The molecular weight excluding hydrogens is 457 g/mol. The van der Waals surface area contributed by atoms with E-state index in [2.05, 4.69) is 5.32 Å². The molecule has 3 aromatic carbocycles. The first-order valence-electron chi connectivity index (χ1n) is 10.4. The first kappa shape index (κ1) is 21.8. The van der Waals surface area contributed by atoms with Gasteiger partial charge in [-0.05, 0) is 54.6 Å². The Bertz CT molecular complexity index is 1340. The highest BCUT2D eigenvalue weighted by atomic mass is 32.2. The van der Waals surface area contributed by atoms with Crippen molar-refractivity contribution in [3.63, 3.8) is 0 Å². The number of fused-ring (bicyclic) bond motifs is 1. The van der Waals surface area contributed by atoms with E-state index in [9.17, 15) is 9.18 Å². The van der Waals surface area contributed by atoms with Crippen molar-refractivity contribution in [1.29, 1.82) is 0 Å². The summed E-state index contributed by atoms with van der Waals surface area (Å²) in [4.78, 5) is 17.4. The van der Waals surface area contributed by atoms with E-state index in [-0.39, 0.29) is 24.3 Å². The summed E-state index contributed by atoms with van der Waals surface area (Å²) in [7, 11) is 1.55. The molecule has 172 valence electrons. The summed E-state index contributed by atoms with van der Waals surface area (Å²) in [5.74, 6) is 1.51. The fraction of sp³-hybridized carbons (Fsp3) is 0.120. The molecule has 34 heavy (non-hydrogen) atoms. The number of amides is 1. The second-order valence-electron chi connectivity index (χ2n) is 7.36. The zero-order valence-corrected chi connectivity index (χ0v) is 19.0. The van der Waals surface area contributed by atoms with Crippen LogP contribution in [0.15, 0.2) is 78.1 Å². The number of carbonyl (C=O) groups is 1. The summed E-state index contributed by atoms with van der Waals surface area (Å²) in [6.45, 7) is 0.186. The standard InChI is InChI=1S/C25H20FN3O4S/c1-31-21-5-3-2-4-19(21)27-24(30)14-34-25-28-20(13-29(25)18-9-7-17(26)8-10-18)16-6-11-22-23(12-16)33-15-32-22/h2-13H,14-15H2,1H3,(H,27,30). The first-order valence-corrected chi connectivity index (χ1v) is 11.4. The maximum Gasteiger partial charge on any atom is 0.234 e. The predicted octanol–water partition coefficient (Wildman–Crippen LogP) is 5.15. The molecule has 0 radical (unpaired) electrons. The molecule has 9 heteroatoms. The van der Waals surface area contributed by atoms with Crippen molar-refractivity contribution in [2.75, 3.05) is 25.0 Å². The van der Waals surface area contributed by atoms with Crippen molar-refractivity contribution in [3.05, 3.63) is 78.7 Å². The Morgan fingerprint density at radius 2 is 1.91 bits per heavy atom. The fourth-order valence-corrected chi connectivity index (χ4v) is 4.30. The average molecular weight is 478 g/mol. The van der Waals surface area contributed by atoms with Crippen molar-refractivity contribution in [3.8, 4) is 34.2 Å². The van der Waals surface area contributed by atoms with Crippen LogP contribution in [0.1, 0.15) is 0 Å². The van der Waals surface area contributed by atoms with Crippen molar-refractivity contribution < 1.29 is 23.4 Å². The van der Waals surface area contributed by atoms with Gasteiger partial charge in [-0.3, -0.25) is 9.36 Å². The Morgan fingerprint density at radius 3 is 2.74 bits per heavy atom. The van der Waals surface area contributed by atoms with Gasteiger partial charge in [-0.2, -0.15) is 0 Å². The molecule has 0 aliphatic carbocycles. The Morgan fingerprint density at radius 1 is 1.12 bits per heavy atom. The third-order valence-corrected chi connectivity index (χ3v) is 6.11. The molecule has 0 saturated heterocycles. The predicted molar refractivity (Wildman–Crippen MR) is 127 cm³/mol. The maximum atomic E-state index is 13.5. The van der Waals surface area contributed by atoms with Crippen LogP contribution in [-0.2, 0) is 4.79 Å². The number of methoxy groups -OCH3 is 1. The van der Waals surface area contributed by atoms with Crippen molar-refractivity contribution in [1.82, 2.24) is 9.55 Å². The SMILES string of the molecule is COc1ccccc1NC(=O)CSc1nc(-c2ccc3c(c2)OCO3)cn1-c1ccc(F)cc1. The van der Waals surface area contributed by atoms with Crippen LogP contribution in [0.25, 0.3) is 16.9 Å². The van der Waals surface area contributed by atoms with E-state index in [4.69, 9.17) is 19.2 Å². The highest BCUT2D eigenvalue weighted by Crippen LogP contribution is 2.36. The molecule has 1 aliphatic heterocycles. The van der Waals surface area contributed by atoms with Crippen LogP contribution in [0.5, 0.6) is 17.2 Å². The number of thioether (sulfide) groups is 1. The van der Waals surface area contributed by atoms with E-state index < -0.39 is 0 Å². The van der Waals surface area contributed by atoms with Crippen LogP contribution in [0.3, 0.4) is 0 Å². The van der Waals surface area contributed by atoms with Crippen molar-refractivity contribution >= 4 is 23.4 Å². The highest BCUT2D eigenvalue weighted by molar-refractivity contribution is 7.99. The van der Waals surface area contributed by atoms with E-state index in [1.165, 1.54) is 23.9 Å². The van der Waals surface area contributed by atoms with Gasteiger partial charge in [0.1, 0.15) is 11.6 Å². The Labute approximate surface area is 199 Å². The zero-order chi connectivity index (χ0) is 23.5. The molecule has 0 fully saturated rings. The fourth-order valence-electron chi connectivity index (χ4n) is 3.51. The van der Waals surface area contributed by atoms with Crippen LogP contribution < -0.4 is 19.5 Å². The minimum atomic E-state index is -0.328. The van der Waals surface area contributed by atoms with Gasteiger partial charge in [-0.1, -0.05) is 23.9 Å². The van der Waals surface area contributed by atoms with Crippen LogP contribution in [0, 0.1) is 5.82 Å². The average Bonchev–Trinajstić information content (AvgIpc) is 3.50. The number of hydrogen-bond acceptors (Lipinski definition) is 6. The zero-order valence-electron chi connectivity index (χ0n) is 18.2. The molecule has 0 bridgehead atoms. The van der Waals surface area contributed by atoms with Crippen molar-refractivity contribution in [2.24, 2.45) is 0 Å². The number of hydrogen-bond donors (Lipinski definition) is 1. The van der Waals surface area contributed by atoms with Gasteiger partial charge in [0.2, 0.25) is 12.7 Å². The maximum absolute atomic E-state index is 13.5. The lowest BCUT2D eigenvalue weighted by atomic mass is 10.1. The van der Waals surface area contributed by atoms with E-state index >= 15 is 0 Å². The van der Waals surface area contributed by atoms with Crippen LogP contribution >= 0.6 is 11.8 Å². The van der Waals surface area contributed by atoms with Gasteiger partial charge in [0, 0.05) is 17.4 Å². The largest absolute Gasteiger partial charge is 0.495 e. The third kappa shape index (κ3) is 4.55. The number of halogens is 1.